The Morgan fingerprint density at radius 3 is 2.75 bits per heavy atom. The summed E-state index contributed by atoms with van der Waals surface area (Å²) < 4.78 is 11.2. The first-order valence-electron chi connectivity index (χ1n) is 8.94. The summed E-state index contributed by atoms with van der Waals surface area (Å²) in [6.07, 6.45) is 3.72. The second-order valence-corrected chi connectivity index (χ2v) is 6.80. The van der Waals surface area contributed by atoms with Crippen molar-refractivity contribution < 1.29 is 9.47 Å². The lowest BCUT2D eigenvalue weighted by molar-refractivity contribution is 0.286. The Labute approximate surface area is 170 Å². The molecule has 0 aliphatic rings. The molecule has 2 aromatic carbocycles. The molecule has 0 aliphatic carbocycles. The summed E-state index contributed by atoms with van der Waals surface area (Å²) in [6.45, 7) is 0.501. The summed E-state index contributed by atoms with van der Waals surface area (Å²) in [5.74, 6) is 1.97. The van der Waals surface area contributed by atoms with E-state index >= 15 is 0 Å². The Morgan fingerprint density at radius 2 is 2.00 bits per heavy atom. The Balaban J connectivity index is 1.98. The molecule has 0 atom stereocenters. The Kier molecular flexibility index (Phi) is 9.45. The lowest BCUT2D eigenvalue weighted by Gasteiger charge is -2.12. The molecular formula is C21H24N4O2S. The minimum absolute atomic E-state index is 0.391. The summed E-state index contributed by atoms with van der Waals surface area (Å²) >= 11 is 1.43. The maximum Gasteiger partial charge on any atom is 0.180 e. The van der Waals surface area contributed by atoms with Crippen molar-refractivity contribution in [2.24, 2.45) is 15.9 Å². The van der Waals surface area contributed by atoms with Gasteiger partial charge in [0.15, 0.2) is 16.7 Å². The van der Waals surface area contributed by atoms with Crippen molar-refractivity contribution in [1.82, 2.24) is 0 Å². The molecule has 2 aromatic rings. The third kappa shape index (κ3) is 7.33. The molecule has 0 spiro atoms. The standard InChI is InChI=1S/C21H24N4O2S/c1-26-19-12-8-11-18(20(19)27-14-7-3-6-13-22)15-24-25-21(23)28-16-17-9-4-2-5-10-17/h2,4-5,8-12,15H,3,6-7,14,16H2,1H3,(H2,23,25). The monoisotopic (exact) mass is 396 g/mol. The molecule has 0 aliphatic heterocycles. The van der Waals surface area contributed by atoms with Gasteiger partial charge in [0.05, 0.1) is 26.0 Å². The van der Waals surface area contributed by atoms with Crippen molar-refractivity contribution >= 4 is 23.1 Å². The number of ether oxygens (including phenoxy) is 2. The maximum absolute atomic E-state index is 8.60. The largest absolute Gasteiger partial charge is 0.493 e. The van der Waals surface area contributed by atoms with Crippen LogP contribution in [0.2, 0.25) is 0 Å². The number of hydrogen-bond acceptors (Lipinski definition) is 6. The van der Waals surface area contributed by atoms with E-state index in [4.69, 9.17) is 20.5 Å². The van der Waals surface area contributed by atoms with Crippen molar-refractivity contribution in [3.8, 4) is 17.6 Å². The van der Waals surface area contributed by atoms with E-state index in [2.05, 4.69) is 16.3 Å². The van der Waals surface area contributed by atoms with Gasteiger partial charge in [-0.25, -0.2) is 0 Å². The molecule has 6 nitrogen and oxygen atoms in total. The van der Waals surface area contributed by atoms with E-state index < -0.39 is 0 Å². The second kappa shape index (κ2) is 12.4. The molecule has 0 aromatic heterocycles. The Bertz CT molecular complexity index is 832. The number of methoxy groups -OCH3 is 1. The van der Waals surface area contributed by atoms with E-state index in [0.717, 1.165) is 24.2 Å². The molecular weight excluding hydrogens is 372 g/mol. The number of para-hydroxylation sites is 1. The normalized spacial score (nSPS) is 11.4. The number of nitrogens with zero attached hydrogens (tertiary/aromatic N) is 3. The number of amidine groups is 1. The average molecular weight is 397 g/mol. The fourth-order valence-electron chi connectivity index (χ4n) is 2.34. The second-order valence-electron chi connectivity index (χ2n) is 5.80. The van der Waals surface area contributed by atoms with Gasteiger partial charge in [-0.05, 0) is 30.5 Å². The van der Waals surface area contributed by atoms with Crippen molar-refractivity contribution in [3.05, 3.63) is 59.7 Å². The summed E-state index contributed by atoms with van der Waals surface area (Å²) in [5.41, 5.74) is 7.85. The lowest BCUT2D eigenvalue weighted by Crippen LogP contribution is -2.06. The first kappa shape index (κ1) is 21.3. The summed E-state index contributed by atoms with van der Waals surface area (Å²) in [4.78, 5) is 0. The fraction of sp³-hybridized carbons (Fsp3) is 0.286. The fourth-order valence-corrected chi connectivity index (χ4v) is 2.95. The molecule has 0 saturated carbocycles. The molecule has 7 heteroatoms. The molecule has 0 amide bonds. The van der Waals surface area contributed by atoms with Crippen LogP contribution in [0.25, 0.3) is 0 Å². The maximum atomic E-state index is 8.60. The van der Waals surface area contributed by atoms with E-state index in [1.165, 1.54) is 17.3 Å². The number of rotatable bonds is 10. The van der Waals surface area contributed by atoms with Crippen LogP contribution in [0.5, 0.6) is 11.5 Å². The first-order chi connectivity index (χ1) is 13.7. The zero-order valence-corrected chi connectivity index (χ0v) is 16.7. The van der Waals surface area contributed by atoms with Crippen LogP contribution in [0.4, 0.5) is 0 Å². The predicted molar refractivity (Wildman–Crippen MR) is 115 cm³/mol. The van der Waals surface area contributed by atoms with Crippen LogP contribution in [0, 0.1) is 11.3 Å². The number of unbranched alkanes of at least 4 members (excludes halogenated alkanes) is 2. The SMILES string of the molecule is COc1cccc(C=NN=C(N)SCc2ccccc2)c1OCCCCC#N. The predicted octanol–water partition coefficient (Wildman–Crippen LogP) is 4.35. The lowest BCUT2D eigenvalue weighted by atomic mass is 10.2. The molecule has 146 valence electrons. The molecule has 0 unspecified atom stereocenters. The van der Waals surface area contributed by atoms with Crippen LogP contribution < -0.4 is 15.2 Å². The molecule has 0 heterocycles. The van der Waals surface area contributed by atoms with Crippen molar-refractivity contribution in [3.63, 3.8) is 0 Å². The average Bonchev–Trinajstić information content (AvgIpc) is 2.73. The number of benzene rings is 2. The summed E-state index contributed by atoms with van der Waals surface area (Å²) in [5, 5.41) is 17.1. The van der Waals surface area contributed by atoms with Crippen LogP contribution in [-0.4, -0.2) is 25.1 Å². The van der Waals surface area contributed by atoms with Crippen molar-refractivity contribution in [2.45, 2.75) is 25.0 Å². The van der Waals surface area contributed by atoms with E-state index in [9.17, 15) is 0 Å². The van der Waals surface area contributed by atoms with Gasteiger partial charge >= 0.3 is 0 Å². The highest BCUT2D eigenvalue weighted by Gasteiger charge is 2.09. The van der Waals surface area contributed by atoms with E-state index in [1.54, 1.807) is 13.3 Å². The van der Waals surface area contributed by atoms with Gasteiger partial charge in [-0.1, -0.05) is 48.2 Å². The van der Waals surface area contributed by atoms with Crippen LogP contribution in [0.3, 0.4) is 0 Å². The number of nitrogens with two attached hydrogens (primary N) is 1. The molecule has 0 saturated heterocycles. The third-order valence-electron chi connectivity index (χ3n) is 3.74. The van der Waals surface area contributed by atoms with Gasteiger partial charge in [0, 0.05) is 17.7 Å². The van der Waals surface area contributed by atoms with Gasteiger partial charge in [-0.15, -0.1) is 5.10 Å². The van der Waals surface area contributed by atoms with E-state index in [-0.39, 0.29) is 0 Å². The first-order valence-corrected chi connectivity index (χ1v) is 9.93. The van der Waals surface area contributed by atoms with Crippen LogP contribution in [-0.2, 0) is 5.75 Å². The van der Waals surface area contributed by atoms with Crippen molar-refractivity contribution in [2.75, 3.05) is 13.7 Å². The molecule has 28 heavy (non-hydrogen) atoms. The smallest absolute Gasteiger partial charge is 0.180 e. The van der Waals surface area contributed by atoms with Gasteiger partial charge in [0.25, 0.3) is 0 Å². The van der Waals surface area contributed by atoms with Gasteiger partial charge in [-0.2, -0.15) is 10.4 Å². The number of thioether (sulfide) groups is 1. The van der Waals surface area contributed by atoms with Gasteiger partial charge in [-0.3, -0.25) is 0 Å². The number of hydrogen-bond donors (Lipinski definition) is 1. The summed E-state index contributed by atoms with van der Waals surface area (Å²) in [6, 6.07) is 17.7. The van der Waals surface area contributed by atoms with Gasteiger partial charge in [0.1, 0.15) is 0 Å². The molecule has 0 bridgehead atoms. The van der Waals surface area contributed by atoms with Crippen LogP contribution >= 0.6 is 11.8 Å². The van der Waals surface area contributed by atoms with Crippen LogP contribution in [0.15, 0.2) is 58.7 Å². The Hall–Kier alpha value is -2.98. The quantitative estimate of drug-likeness (QED) is 0.279. The number of nitriles is 1. The third-order valence-corrected chi connectivity index (χ3v) is 4.60. The van der Waals surface area contributed by atoms with E-state index in [1.807, 2.05) is 48.5 Å². The topological polar surface area (TPSA) is 93.0 Å². The minimum Gasteiger partial charge on any atom is -0.493 e. The molecule has 2 rings (SSSR count). The Morgan fingerprint density at radius 1 is 1.18 bits per heavy atom. The van der Waals surface area contributed by atoms with E-state index in [0.29, 0.717) is 29.7 Å². The minimum atomic E-state index is 0.391. The van der Waals surface area contributed by atoms with Crippen molar-refractivity contribution in [1.29, 1.82) is 5.26 Å². The molecule has 0 fully saturated rings. The molecule has 2 N–H and O–H groups in total. The zero-order valence-electron chi connectivity index (χ0n) is 15.9. The highest BCUT2D eigenvalue weighted by Crippen LogP contribution is 2.30. The molecule has 0 radical (unpaired) electrons. The van der Waals surface area contributed by atoms with Crippen LogP contribution in [0.1, 0.15) is 30.4 Å². The highest BCUT2D eigenvalue weighted by atomic mass is 32.2. The summed E-state index contributed by atoms with van der Waals surface area (Å²) in [7, 11) is 1.59. The highest BCUT2D eigenvalue weighted by molar-refractivity contribution is 8.13. The van der Waals surface area contributed by atoms with Gasteiger partial charge in [0.2, 0.25) is 0 Å². The zero-order chi connectivity index (χ0) is 20.0. The van der Waals surface area contributed by atoms with Gasteiger partial charge < -0.3 is 15.2 Å².